The van der Waals surface area contributed by atoms with E-state index in [0.717, 1.165) is 40.0 Å². The lowest BCUT2D eigenvalue weighted by Gasteiger charge is -2.10. The number of ether oxygens (including phenoxy) is 2. The third-order valence-electron chi connectivity index (χ3n) is 3.22. The summed E-state index contributed by atoms with van der Waals surface area (Å²) in [5.74, 6) is 1.80. The van der Waals surface area contributed by atoms with Gasteiger partial charge in [0.2, 0.25) is 0 Å². The van der Waals surface area contributed by atoms with Crippen LogP contribution in [0.25, 0.3) is 0 Å². The quantitative estimate of drug-likeness (QED) is 0.658. The van der Waals surface area contributed by atoms with Crippen LogP contribution >= 0.6 is 11.3 Å². The molecule has 8 heteroatoms. The molecular formula is C15H19N5O2S. The summed E-state index contributed by atoms with van der Waals surface area (Å²) in [4.78, 5) is 4.29. The number of hydrogen-bond acceptors (Lipinski definition) is 6. The van der Waals surface area contributed by atoms with Crippen LogP contribution in [0.4, 0.5) is 5.69 Å². The first-order valence-corrected chi connectivity index (χ1v) is 8.34. The van der Waals surface area contributed by atoms with Crippen LogP contribution in [-0.2, 0) is 13.0 Å². The van der Waals surface area contributed by atoms with E-state index in [4.69, 9.17) is 15.2 Å². The van der Waals surface area contributed by atoms with Crippen LogP contribution in [0.1, 0.15) is 23.4 Å². The Kier molecular flexibility index (Phi) is 4.92. The number of guanidine groups is 1. The van der Waals surface area contributed by atoms with Crippen LogP contribution in [0.5, 0.6) is 11.5 Å². The average Bonchev–Trinajstić information content (AvgIpc) is 2.90. The molecular weight excluding hydrogens is 314 g/mol. The number of rotatable bonds is 4. The van der Waals surface area contributed by atoms with Gasteiger partial charge in [0.1, 0.15) is 10.0 Å². The zero-order chi connectivity index (χ0) is 16.1. The standard InChI is InChI=1S/C15H19N5O2S/c1-2-13-19-20-14(23-13)9-17-15(16)18-10-4-5-11-12(8-10)22-7-3-6-21-11/h4-5,8H,2-3,6-7,9H2,1H3,(H3,16,17,18). The highest BCUT2D eigenvalue weighted by Crippen LogP contribution is 2.32. The van der Waals surface area contributed by atoms with Gasteiger partial charge >= 0.3 is 0 Å². The van der Waals surface area contributed by atoms with E-state index in [9.17, 15) is 0 Å². The van der Waals surface area contributed by atoms with Gasteiger partial charge < -0.3 is 20.5 Å². The Morgan fingerprint density at radius 3 is 2.83 bits per heavy atom. The van der Waals surface area contributed by atoms with E-state index >= 15 is 0 Å². The van der Waals surface area contributed by atoms with Crippen LogP contribution < -0.4 is 20.5 Å². The molecule has 0 radical (unpaired) electrons. The molecule has 3 rings (SSSR count). The first kappa shape index (κ1) is 15.5. The number of fused-ring (bicyclic) bond motifs is 1. The fourth-order valence-electron chi connectivity index (χ4n) is 2.08. The van der Waals surface area contributed by atoms with Gasteiger partial charge in [-0.05, 0) is 18.6 Å². The third-order valence-corrected chi connectivity index (χ3v) is 4.27. The van der Waals surface area contributed by atoms with E-state index in [0.29, 0.717) is 25.7 Å². The second-order valence-electron chi connectivity index (χ2n) is 4.98. The van der Waals surface area contributed by atoms with Gasteiger partial charge in [0, 0.05) is 18.2 Å². The third kappa shape index (κ3) is 4.10. The second-order valence-corrected chi connectivity index (χ2v) is 6.13. The molecule has 0 saturated heterocycles. The summed E-state index contributed by atoms with van der Waals surface area (Å²) in [6.07, 6.45) is 1.76. The predicted molar refractivity (Wildman–Crippen MR) is 90.3 cm³/mol. The van der Waals surface area contributed by atoms with Crippen LogP contribution in [0, 0.1) is 0 Å². The van der Waals surface area contributed by atoms with Gasteiger partial charge in [0.15, 0.2) is 17.5 Å². The van der Waals surface area contributed by atoms with E-state index in [1.807, 2.05) is 25.1 Å². The van der Waals surface area contributed by atoms with E-state index in [2.05, 4.69) is 20.5 Å². The first-order chi connectivity index (χ1) is 11.2. The van der Waals surface area contributed by atoms with Crippen molar-refractivity contribution >= 4 is 23.0 Å². The van der Waals surface area contributed by atoms with Gasteiger partial charge in [-0.3, -0.25) is 0 Å². The molecule has 0 bridgehead atoms. The van der Waals surface area contributed by atoms with Gasteiger partial charge in [-0.1, -0.05) is 18.3 Å². The Balaban J connectivity index is 1.63. The Morgan fingerprint density at radius 2 is 2.04 bits per heavy atom. The maximum Gasteiger partial charge on any atom is 0.193 e. The number of hydrogen-bond donors (Lipinski definition) is 2. The molecule has 23 heavy (non-hydrogen) atoms. The van der Waals surface area contributed by atoms with Crippen molar-refractivity contribution in [2.24, 2.45) is 10.7 Å². The van der Waals surface area contributed by atoms with Crippen LogP contribution in [0.2, 0.25) is 0 Å². The molecule has 1 aliphatic heterocycles. The fraction of sp³-hybridized carbons (Fsp3) is 0.400. The lowest BCUT2D eigenvalue weighted by atomic mass is 10.3. The van der Waals surface area contributed by atoms with Crippen molar-refractivity contribution < 1.29 is 9.47 Å². The Labute approximate surface area is 138 Å². The van der Waals surface area contributed by atoms with E-state index in [-0.39, 0.29) is 0 Å². The SMILES string of the molecule is CCc1nnc(CN=C(N)Nc2ccc3c(c2)OCCCO3)s1. The number of nitrogens with zero attached hydrogens (tertiary/aromatic N) is 3. The van der Waals surface area contributed by atoms with Crippen molar-refractivity contribution in [2.45, 2.75) is 26.3 Å². The van der Waals surface area contributed by atoms with Crippen LogP contribution in [0.3, 0.4) is 0 Å². The fourth-order valence-corrected chi connectivity index (χ4v) is 2.79. The summed E-state index contributed by atoms with van der Waals surface area (Å²) in [5, 5.41) is 13.0. The number of nitrogens with one attached hydrogen (secondary N) is 1. The van der Waals surface area contributed by atoms with Crippen molar-refractivity contribution in [3.8, 4) is 11.5 Å². The van der Waals surface area contributed by atoms with Crippen molar-refractivity contribution in [3.05, 3.63) is 28.2 Å². The van der Waals surface area contributed by atoms with Gasteiger partial charge in [0.25, 0.3) is 0 Å². The minimum atomic E-state index is 0.327. The Morgan fingerprint density at radius 1 is 1.26 bits per heavy atom. The minimum absolute atomic E-state index is 0.327. The molecule has 3 N–H and O–H groups in total. The zero-order valence-electron chi connectivity index (χ0n) is 12.9. The summed E-state index contributed by atoms with van der Waals surface area (Å²) in [6.45, 7) is 3.79. The van der Waals surface area contributed by atoms with Crippen LogP contribution in [-0.4, -0.2) is 29.4 Å². The van der Waals surface area contributed by atoms with Gasteiger partial charge in [-0.15, -0.1) is 10.2 Å². The van der Waals surface area contributed by atoms with Crippen molar-refractivity contribution in [3.63, 3.8) is 0 Å². The zero-order valence-corrected chi connectivity index (χ0v) is 13.7. The molecule has 1 aliphatic rings. The Bertz CT molecular complexity index is 701. The topological polar surface area (TPSA) is 94.7 Å². The number of nitrogens with two attached hydrogens (primary N) is 1. The number of benzene rings is 1. The molecule has 0 aliphatic carbocycles. The maximum atomic E-state index is 5.92. The molecule has 0 atom stereocenters. The van der Waals surface area contributed by atoms with Crippen molar-refractivity contribution in [1.82, 2.24) is 10.2 Å². The number of aliphatic imine (C=N–C) groups is 1. The first-order valence-electron chi connectivity index (χ1n) is 7.52. The molecule has 1 aromatic carbocycles. The highest BCUT2D eigenvalue weighted by molar-refractivity contribution is 7.11. The maximum absolute atomic E-state index is 5.92. The summed E-state index contributed by atoms with van der Waals surface area (Å²) in [5.41, 5.74) is 6.73. The van der Waals surface area contributed by atoms with Crippen molar-refractivity contribution in [2.75, 3.05) is 18.5 Å². The average molecular weight is 333 g/mol. The molecule has 7 nitrogen and oxygen atoms in total. The molecule has 2 aromatic rings. The van der Waals surface area contributed by atoms with Crippen LogP contribution in [0.15, 0.2) is 23.2 Å². The summed E-state index contributed by atoms with van der Waals surface area (Å²) in [7, 11) is 0. The predicted octanol–water partition coefficient (Wildman–Crippen LogP) is 2.19. The second kappa shape index (κ2) is 7.28. The lowest BCUT2D eigenvalue weighted by Crippen LogP contribution is -2.22. The van der Waals surface area contributed by atoms with Crippen molar-refractivity contribution in [1.29, 1.82) is 0 Å². The normalized spacial score (nSPS) is 14.4. The lowest BCUT2D eigenvalue weighted by molar-refractivity contribution is 0.297. The molecule has 1 aromatic heterocycles. The van der Waals surface area contributed by atoms with Gasteiger partial charge in [-0.2, -0.15) is 0 Å². The van der Waals surface area contributed by atoms with Gasteiger partial charge in [-0.25, -0.2) is 4.99 Å². The molecule has 2 heterocycles. The molecule has 0 fully saturated rings. The Hall–Kier alpha value is -2.35. The molecule has 0 amide bonds. The molecule has 0 spiro atoms. The number of anilines is 1. The summed E-state index contributed by atoms with van der Waals surface area (Å²) >= 11 is 1.55. The number of aromatic nitrogens is 2. The highest BCUT2D eigenvalue weighted by atomic mass is 32.1. The van der Waals surface area contributed by atoms with Gasteiger partial charge in [0.05, 0.1) is 19.8 Å². The molecule has 0 saturated carbocycles. The smallest absolute Gasteiger partial charge is 0.193 e. The summed E-state index contributed by atoms with van der Waals surface area (Å²) in [6, 6.07) is 5.62. The monoisotopic (exact) mass is 333 g/mol. The van der Waals surface area contributed by atoms with E-state index in [1.165, 1.54) is 0 Å². The minimum Gasteiger partial charge on any atom is -0.490 e. The molecule has 0 unspecified atom stereocenters. The van der Waals surface area contributed by atoms with E-state index < -0.39 is 0 Å². The summed E-state index contributed by atoms with van der Waals surface area (Å²) < 4.78 is 11.3. The molecule has 122 valence electrons. The highest BCUT2D eigenvalue weighted by Gasteiger charge is 2.11. The van der Waals surface area contributed by atoms with E-state index in [1.54, 1.807) is 11.3 Å². The number of aryl methyl sites for hydroxylation is 1. The largest absolute Gasteiger partial charge is 0.490 e.